The van der Waals surface area contributed by atoms with Gasteiger partial charge in [-0.1, -0.05) is 12.1 Å². The topological polar surface area (TPSA) is 90.8 Å². The van der Waals surface area contributed by atoms with E-state index in [0.717, 1.165) is 6.42 Å². The zero-order chi connectivity index (χ0) is 13.7. The summed E-state index contributed by atoms with van der Waals surface area (Å²) in [6.45, 7) is 0.615. The molecule has 0 radical (unpaired) electrons. The number of nitrogens with one attached hydrogen (secondary N) is 2. The number of aromatic hydroxyl groups is 1. The van der Waals surface area contributed by atoms with Crippen LogP contribution in [0.3, 0.4) is 0 Å². The first kappa shape index (κ1) is 13.1. The molecule has 0 unspecified atom stereocenters. The molecular formula is C13H15N3O3. The lowest BCUT2D eigenvalue weighted by Gasteiger charge is -2.19. The monoisotopic (exact) mass is 261 g/mol. The van der Waals surface area contributed by atoms with Crippen molar-refractivity contribution >= 4 is 18.0 Å². The summed E-state index contributed by atoms with van der Waals surface area (Å²) in [6, 6.07) is 6.63. The lowest BCUT2D eigenvalue weighted by atomic mass is 9.98. The average molecular weight is 261 g/mol. The summed E-state index contributed by atoms with van der Waals surface area (Å²) in [6.07, 6.45) is 2.66. The van der Waals surface area contributed by atoms with Crippen molar-refractivity contribution in [3.8, 4) is 5.75 Å². The second-order valence-corrected chi connectivity index (χ2v) is 4.28. The molecule has 6 nitrogen and oxygen atoms in total. The molecule has 0 spiro atoms. The van der Waals surface area contributed by atoms with Crippen molar-refractivity contribution in [3.05, 3.63) is 29.8 Å². The molecule has 0 saturated carbocycles. The third kappa shape index (κ3) is 3.31. The fourth-order valence-electron chi connectivity index (χ4n) is 1.86. The molecule has 1 aliphatic rings. The Kier molecular flexibility index (Phi) is 4.12. The number of piperidine rings is 1. The van der Waals surface area contributed by atoms with Gasteiger partial charge >= 0.3 is 0 Å². The number of carbonyl (C=O) groups is 2. The minimum absolute atomic E-state index is 0.0795. The van der Waals surface area contributed by atoms with Gasteiger partial charge in [-0.15, -0.1) is 0 Å². The number of hydrogen-bond acceptors (Lipinski definition) is 4. The van der Waals surface area contributed by atoms with E-state index in [-0.39, 0.29) is 11.7 Å². The van der Waals surface area contributed by atoms with Gasteiger partial charge in [0.15, 0.2) is 0 Å². The van der Waals surface area contributed by atoms with E-state index < -0.39 is 11.8 Å². The van der Waals surface area contributed by atoms with Gasteiger partial charge < -0.3 is 10.4 Å². The van der Waals surface area contributed by atoms with Crippen molar-refractivity contribution in [1.29, 1.82) is 0 Å². The molecule has 1 heterocycles. The van der Waals surface area contributed by atoms with Crippen LogP contribution in [0.5, 0.6) is 5.75 Å². The molecule has 1 aromatic rings. The van der Waals surface area contributed by atoms with Gasteiger partial charge in [-0.2, -0.15) is 5.10 Å². The Morgan fingerprint density at radius 3 is 3.00 bits per heavy atom. The van der Waals surface area contributed by atoms with Crippen molar-refractivity contribution in [2.45, 2.75) is 12.8 Å². The number of rotatable bonds is 3. The van der Waals surface area contributed by atoms with Crippen LogP contribution < -0.4 is 10.7 Å². The minimum Gasteiger partial charge on any atom is -0.507 e. The van der Waals surface area contributed by atoms with Crippen LogP contribution in [0.1, 0.15) is 18.4 Å². The average Bonchev–Trinajstić information content (AvgIpc) is 2.41. The minimum atomic E-state index is -0.685. The predicted molar refractivity (Wildman–Crippen MR) is 69.6 cm³/mol. The molecule has 0 aromatic heterocycles. The normalized spacial score (nSPS) is 19.2. The molecule has 1 aliphatic heterocycles. The number of hydrazone groups is 1. The van der Waals surface area contributed by atoms with E-state index in [9.17, 15) is 14.7 Å². The van der Waals surface area contributed by atoms with Gasteiger partial charge in [0.25, 0.3) is 5.91 Å². The van der Waals surface area contributed by atoms with Gasteiger partial charge in [-0.3, -0.25) is 9.59 Å². The van der Waals surface area contributed by atoms with Crippen molar-refractivity contribution < 1.29 is 14.7 Å². The molecule has 1 fully saturated rings. The van der Waals surface area contributed by atoms with Crippen molar-refractivity contribution in [3.63, 3.8) is 0 Å². The van der Waals surface area contributed by atoms with E-state index in [2.05, 4.69) is 15.8 Å². The highest BCUT2D eigenvalue weighted by molar-refractivity contribution is 6.00. The number of phenolic OH excluding ortho intramolecular Hbond substituents is 1. The quantitative estimate of drug-likeness (QED) is 0.417. The van der Waals surface area contributed by atoms with E-state index in [1.165, 1.54) is 12.3 Å². The summed E-state index contributed by atoms with van der Waals surface area (Å²) in [5, 5.41) is 15.9. The van der Waals surface area contributed by atoms with E-state index in [4.69, 9.17) is 0 Å². The zero-order valence-electron chi connectivity index (χ0n) is 10.3. The summed E-state index contributed by atoms with van der Waals surface area (Å²) in [7, 11) is 0. The molecule has 1 aromatic carbocycles. The Balaban J connectivity index is 1.93. The maximum Gasteiger partial charge on any atom is 0.252 e. The number of hydrogen-bond donors (Lipinski definition) is 3. The number of phenols is 1. The van der Waals surface area contributed by atoms with Crippen molar-refractivity contribution in [2.24, 2.45) is 11.0 Å². The second kappa shape index (κ2) is 5.99. The molecule has 2 rings (SSSR count). The third-order valence-electron chi connectivity index (χ3n) is 2.92. The fraction of sp³-hybridized carbons (Fsp3) is 0.308. The molecule has 1 saturated heterocycles. The summed E-state index contributed by atoms with van der Waals surface area (Å²) in [4.78, 5) is 23.2. The molecule has 100 valence electrons. The highest BCUT2D eigenvalue weighted by Crippen LogP contribution is 2.13. The summed E-state index contributed by atoms with van der Waals surface area (Å²) < 4.78 is 0. The van der Waals surface area contributed by atoms with E-state index in [0.29, 0.717) is 18.5 Å². The first-order chi connectivity index (χ1) is 9.18. The maximum absolute atomic E-state index is 11.7. The largest absolute Gasteiger partial charge is 0.507 e. The Hall–Kier alpha value is -2.37. The van der Waals surface area contributed by atoms with Crippen LogP contribution in [0.4, 0.5) is 0 Å². The zero-order valence-corrected chi connectivity index (χ0v) is 10.3. The molecule has 3 N–H and O–H groups in total. The highest BCUT2D eigenvalue weighted by atomic mass is 16.3. The summed E-state index contributed by atoms with van der Waals surface area (Å²) in [5.74, 6) is -1.29. The number of amides is 2. The maximum atomic E-state index is 11.7. The van der Waals surface area contributed by atoms with E-state index in [1.807, 2.05) is 0 Å². The smallest absolute Gasteiger partial charge is 0.252 e. The van der Waals surface area contributed by atoms with Gasteiger partial charge in [0.2, 0.25) is 5.91 Å². The highest BCUT2D eigenvalue weighted by Gasteiger charge is 2.28. The van der Waals surface area contributed by atoms with Gasteiger partial charge in [0.05, 0.1) is 6.21 Å². The summed E-state index contributed by atoms with van der Waals surface area (Å²) in [5.41, 5.74) is 2.81. The van der Waals surface area contributed by atoms with Crippen LogP contribution in [0, 0.1) is 5.92 Å². The van der Waals surface area contributed by atoms with Crippen LogP contribution in [-0.2, 0) is 9.59 Å². The number of benzene rings is 1. The molecule has 2 amide bonds. The summed E-state index contributed by atoms with van der Waals surface area (Å²) >= 11 is 0. The fourth-order valence-corrected chi connectivity index (χ4v) is 1.86. The second-order valence-electron chi connectivity index (χ2n) is 4.28. The first-order valence-electron chi connectivity index (χ1n) is 6.07. The Labute approximate surface area is 110 Å². The van der Waals surface area contributed by atoms with Gasteiger partial charge in [0.1, 0.15) is 11.7 Å². The predicted octanol–water partition coefficient (Wildman–Crippen LogP) is 0.369. The Morgan fingerprint density at radius 2 is 2.26 bits per heavy atom. The number of nitrogens with zero attached hydrogens (tertiary/aromatic N) is 1. The lowest BCUT2D eigenvalue weighted by Crippen LogP contribution is -2.43. The van der Waals surface area contributed by atoms with Gasteiger partial charge in [-0.05, 0) is 25.0 Å². The SMILES string of the molecule is O=C1NCCC[C@@H]1C(=O)N/N=C/c1ccccc1O. The molecule has 0 aliphatic carbocycles. The van der Waals surface area contributed by atoms with Crippen LogP contribution in [-0.4, -0.2) is 29.7 Å². The molecule has 0 bridgehead atoms. The molecule has 1 atom stereocenters. The number of para-hydroxylation sites is 1. The Bertz CT molecular complexity index is 514. The van der Waals surface area contributed by atoms with Crippen molar-refractivity contribution in [2.75, 3.05) is 6.54 Å². The Morgan fingerprint density at radius 1 is 1.47 bits per heavy atom. The van der Waals surface area contributed by atoms with Crippen molar-refractivity contribution in [1.82, 2.24) is 10.7 Å². The van der Waals surface area contributed by atoms with E-state index >= 15 is 0 Å². The molecule has 6 heteroatoms. The van der Waals surface area contributed by atoms with Crippen LogP contribution >= 0.6 is 0 Å². The standard InChI is InChI=1S/C13H15N3O3/c17-11-6-2-1-4-9(11)8-15-16-13(19)10-5-3-7-14-12(10)18/h1-2,4,6,8,10,17H,3,5,7H2,(H,14,18)(H,16,19)/b15-8+/t10-/m0/s1. The molecular weight excluding hydrogens is 246 g/mol. The van der Waals surface area contributed by atoms with Crippen LogP contribution in [0.15, 0.2) is 29.4 Å². The van der Waals surface area contributed by atoms with Crippen LogP contribution in [0.2, 0.25) is 0 Å². The molecule has 19 heavy (non-hydrogen) atoms. The number of carbonyl (C=O) groups excluding carboxylic acids is 2. The van der Waals surface area contributed by atoms with Gasteiger partial charge in [0, 0.05) is 12.1 Å². The lowest BCUT2D eigenvalue weighted by molar-refractivity contribution is -0.136. The van der Waals surface area contributed by atoms with E-state index in [1.54, 1.807) is 18.2 Å². The van der Waals surface area contributed by atoms with Gasteiger partial charge in [-0.25, -0.2) is 5.43 Å². The first-order valence-corrected chi connectivity index (χ1v) is 6.07. The van der Waals surface area contributed by atoms with Crippen LogP contribution in [0.25, 0.3) is 0 Å². The third-order valence-corrected chi connectivity index (χ3v) is 2.92.